The average Bonchev–Trinajstić information content (AvgIpc) is 3.13. The first-order valence-electron chi connectivity index (χ1n) is 8.96. The van der Waals surface area contributed by atoms with Gasteiger partial charge in [0.2, 0.25) is 0 Å². The number of rotatable bonds is 3. The second kappa shape index (κ2) is 6.86. The molecule has 0 spiro atoms. The minimum absolute atomic E-state index is 0.643. The second-order valence-electron chi connectivity index (χ2n) is 6.96. The van der Waals surface area contributed by atoms with E-state index in [-0.39, 0.29) is 0 Å². The Bertz CT molecular complexity index is 602. The molecule has 2 aromatic rings. The van der Waals surface area contributed by atoms with Gasteiger partial charge in [0.25, 0.3) is 0 Å². The van der Waals surface area contributed by atoms with Crippen LogP contribution in [0.5, 0.6) is 0 Å². The summed E-state index contributed by atoms with van der Waals surface area (Å²) in [6, 6.07) is 22.8. The van der Waals surface area contributed by atoms with E-state index in [0.29, 0.717) is 12.0 Å². The molecule has 2 fully saturated rings. The van der Waals surface area contributed by atoms with Crippen molar-refractivity contribution in [3.8, 4) is 0 Å². The van der Waals surface area contributed by atoms with Gasteiger partial charge in [0.15, 0.2) is 0 Å². The highest BCUT2D eigenvalue weighted by Crippen LogP contribution is 2.33. The van der Waals surface area contributed by atoms with Gasteiger partial charge in [-0.1, -0.05) is 60.7 Å². The van der Waals surface area contributed by atoms with Crippen LogP contribution in [-0.2, 0) is 0 Å². The Hall–Kier alpha value is -1.64. The lowest BCUT2D eigenvalue weighted by Gasteiger charge is -2.38. The normalized spacial score (nSPS) is 26.4. The van der Waals surface area contributed by atoms with Crippen molar-refractivity contribution in [3.63, 3.8) is 0 Å². The number of hydrogen-bond donors (Lipinski definition) is 1. The van der Waals surface area contributed by atoms with Gasteiger partial charge < -0.3 is 5.32 Å². The van der Waals surface area contributed by atoms with Crippen LogP contribution in [0, 0.1) is 0 Å². The molecule has 2 aromatic carbocycles. The predicted molar refractivity (Wildman–Crippen MR) is 95.8 cm³/mol. The van der Waals surface area contributed by atoms with Crippen LogP contribution >= 0.6 is 0 Å². The Balaban J connectivity index is 1.42. The summed E-state index contributed by atoms with van der Waals surface area (Å²) in [4.78, 5) is 2.73. The molecule has 0 bridgehead atoms. The Kier molecular flexibility index (Phi) is 4.45. The van der Waals surface area contributed by atoms with Crippen molar-refractivity contribution in [2.24, 2.45) is 0 Å². The van der Waals surface area contributed by atoms with Crippen molar-refractivity contribution in [1.29, 1.82) is 0 Å². The lowest BCUT2D eigenvalue weighted by molar-refractivity contribution is 0.151. The number of nitrogens with one attached hydrogen (secondary N) is 1. The van der Waals surface area contributed by atoms with Gasteiger partial charge in [-0.25, -0.2) is 0 Å². The molecule has 2 aliphatic heterocycles. The SMILES string of the molecule is c1ccc(C2CCN([C@@H]3CNC[C@H]3c3ccccc3)CC2)cc1. The molecule has 1 N–H and O–H groups in total. The summed E-state index contributed by atoms with van der Waals surface area (Å²) in [6.45, 7) is 4.72. The van der Waals surface area contributed by atoms with Gasteiger partial charge in [0.1, 0.15) is 0 Å². The molecule has 0 radical (unpaired) electrons. The highest BCUT2D eigenvalue weighted by atomic mass is 15.2. The molecular weight excluding hydrogens is 280 g/mol. The monoisotopic (exact) mass is 306 g/mol. The van der Waals surface area contributed by atoms with Crippen LogP contribution in [0.4, 0.5) is 0 Å². The van der Waals surface area contributed by atoms with E-state index >= 15 is 0 Å². The zero-order valence-corrected chi connectivity index (χ0v) is 13.7. The first-order valence-corrected chi connectivity index (χ1v) is 8.96. The first-order chi connectivity index (χ1) is 11.4. The van der Waals surface area contributed by atoms with Crippen molar-refractivity contribution in [2.45, 2.75) is 30.7 Å². The number of nitrogens with zero attached hydrogens (tertiary/aromatic N) is 1. The Labute approximate surface area is 139 Å². The predicted octanol–water partition coefficient (Wildman–Crippen LogP) is 3.62. The highest BCUT2D eigenvalue weighted by molar-refractivity contribution is 5.24. The molecule has 2 atom stereocenters. The Morgan fingerprint density at radius 1 is 0.739 bits per heavy atom. The van der Waals surface area contributed by atoms with Crippen molar-refractivity contribution in [2.75, 3.05) is 26.2 Å². The summed E-state index contributed by atoms with van der Waals surface area (Å²) in [5.74, 6) is 1.39. The fourth-order valence-electron chi connectivity index (χ4n) is 4.38. The maximum atomic E-state index is 3.62. The minimum atomic E-state index is 0.643. The molecule has 0 unspecified atom stereocenters. The van der Waals surface area contributed by atoms with Crippen LogP contribution in [0.15, 0.2) is 60.7 Å². The molecule has 0 aromatic heterocycles. The van der Waals surface area contributed by atoms with Gasteiger partial charge in [-0.2, -0.15) is 0 Å². The highest BCUT2D eigenvalue weighted by Gasteiger charge is 2.34. The van der Waals surface area contributed by atoms with Crippen molar-refractivity contribution >= 4 is 0 Å². The van der Waals surface area contributed by atoms with Crippen LogP contribution in [-0.4, -0.2) is 37.1 Å². The fraction of sp³-hybridized carbons (Fsp3) is 0.429. The van der Waals surface area contributed by atoms with E-state index in [1.165, 1.54) is 37.1 Å². The molecule has 120 valence electrons. The maximum absolute atomic E-state index is 3.62. The largest absolute Gasteiger partial charge is 0.314 e. The van der Waals surface area contributed by atoms with Gasteiger partial charge in [0, 0.05) is 25.0 Å². The smallest absolute Gasteiger partial charge is 0.0301 e. The van der Waals surface area contributed by atoms with E-state index in [4.69, 9.17) is 0 Å². The summed E-state index contributed by atoms with van der Waals surface area (Å²) >= 11 is 0. The van der Waals surface area contributed by atoms with Crippen LogP contribution in [0.2, 0.25) is 0 Å². The topological polar surface area (TPSA) is 15.3 Å². The molecule has 4 rings (SSSR count). The van der Waals surface area contributed by atoms with E-state index in [1.807, 2.05) is 0 Å². The van der Waals surface area contributed by atoms with Gasteiger partial charge in [-0.3, -0.25) is 4.90 Å². The van der Waals surface area contributed by atoms with Crippen LogP contribution in [0.1, 0.15) is 35.8 Å². The van der Waals surface area contributed by atoms with Crippen molar-refractivity contribution < 1.29 is 0 Å². The quantitative estimate of drug-likeness (QED) is 0.931. The third-order valence-corrected chi connectivity index (χ3v) is 5.68. The van der Waals surface area contributed by atoms with Crippen LogP contribution < -0.4 is 5.32 Å². The van der Waals surface area contributed by atoms with E-state index < -0.39 is 0 Å². The number of benzene rings is 2. The molecule has 2 nitrogen and oxygen atoms in total. The summed E-state index contributed by atoms with van der Waals surface area (Å²) in [7, 11) is 0. The Morgan fingerprint density at radius 3 is 2.00 bits per heavy atom. The number of piperidine rings is 1. The average molecular weight is 306 g/mol. The van der Waals surface area contributed by atoms with E-state index in [0.717, 1.165) is 19.0 Å². The number of hydrogen-bond acceptors (Lipinski definition) is 2. The molecule has 23 heavy (non-hydrogen) atoms. The molecule has 0 amide bonds. The minimum Gasteiger partial charge on any atom is -0.314 e. The Morgan fingerprint density at radius 2 is 1.35 bits per heavy atom. The van der Waals surface area contributed by atoms with Crippen molar-refractivity contribution in [1.82, 2.24) is 10.2 Å². The fourth-order valence-corrected chi connectivity index (χ4v) is 4.38. The summed E-state index contributed by atoms with van der Waals surface area (Å²) in [5, 5.41) is 3.62. The standard InChI is InChI=1S/C21H26N2/c1-3-7-17(8-4-1)18-11-13-23(14-12-18)21-16-22-15-20(21)19-9-5-2-6-10-19/h1-10,18,20-22H,11-16H2/t20-,21+/m0/s1. The molecule has 2 aliphatic rings. The summed E-state index contributed by atoms with van der Waals surface area (Å²) < 4.78 is 0. The van der Waals surface area contributed by atoms with Crippen LogP contribution in [0.3, 0.4) is 0 Å². The first kappa shape index (κ1) is 14.9. The lowest BCUT2D eigenvalue weighted by atomic mass is 9.87. The van der Waals surface area contributed by atoms with Crippen molar-refractivity contribution in [3.05, 3.63) is 71.8 Å². The van der Waals surface area contributed by atoms with Gasteiger partial charge >= 0.3 is 0 Å². The molecule has 0 saturated carbocycles. The molecule has 0 aliphatic carbocycles. The third-order valence-electron chi connectivity index (χ3n) is 5.68. The lowest BCUT2D eigenvalue weighted by Crippen LogP contribution is -2.44. The summed E-state index contributed by atoms with van der Waals surface area (Å²) in [5.41, 5.74) is 3.02. The van der Waals surface area contributed by atoms with Gasteiger partial charge in [0.05, 0.1) is 0 Å². The van der Waals surface area contributed by atoms with E-state index in [1.54, 1.807) is 0 Å². The van der Waals surface area contributed by atoms with Gasteiger partial charge in [-0.05, 0) is 43.0 Å². The molecular formula is C21H26N2. The zero-order valence-electron chi connectivity index (χ0n) is 13.7. The van der Waals surface area contributed by atoms with Gasteiger partial charge in [-0.15, -0.1) is 0 Å². The third kappa shape index (κ3) is 3.19. The zero-order chi connectivity index (χ0) is 15.5. The summed E-state index contributed by atoms with van der Waals surface area (Å²) in [6.07, 6.45) is 2.59. The second-order valence-corrected chi connectivity index (χ2v) is 6.96. The molecule has 2 heterocycles. The number of likely N-dealkylation sites (tertiary alicyclic amines) is 1. The van der Waals surface area contributed by atoms with Crippen LogP contribution in [0.25, 0.3) is 0 Å². The molecule has 2 heteroatoms. The van der Waals surface area contributed by atoms with E-state index in [2.05, 4.69) is 70.9 Å². The maximum Gasteiger partial charge on any atom is 0.0301 e. The van der Waals surface area contributed by atoms with E-state index in [9.17, 15) is 0 Å². The molecule has 2 saturated heterocycles.